The van der Waals surface area contributed by atoms with Crippen LogP contribution in [0.5, 0.6) is 5.75 Å². The zero-order valence-electron chi connectivity index (χ0n) is 24.2. The Morgan fingerprint density at radius 1 is 1.28 bits per heavy atom. The van der Waals surface area contributed by atoms with Gasteiger partial charge in [-0.05, 0) is 86.9 Å². The van der Waals surface area contributed by atoms with E-state index in [1.807, 2.05) is 31.7 Å². The van der Waals surface area contributed by atoms with E-state index in [1.54, 1.807) is 0 Å². The Labute approximate surface area is 232 Å². The number of aliphatic carboxylic acids is 1. The van der Waals surface area contributed by atoms with Crippen LogP contribution in [0, 0.1) is 5.82 Å². The van der Waals surface area contributed by atoms with E-state index >= 15 is 0 Å². The molecule has 214 valence electrons. The van der Waals surface area contributed by atoms with E-state index in [2.05, 4.69) is 29.4 Å². The molecule has 2 aliphatic heterocycles. The van der Waals surface area contributed by atoms with Crippen molar-refractivity contribution in [3.05, 3.63) is 52.5 Å². The summed E-state index contributed by atoms with van der Waals surface area (Å²) in [6.45, 7) is 9.24. The Hall–Kier alpha value is -2.71. The molecule has 4 rings (SSSR count). The lowest BCUT2D eigenvalue weighted by molar-refractivity contribution is -0.143. The first-order chi connectivity index (χ1) is 18.6. The molecule has 39 heavy (non-hydrogen) atoms. The molecule has 0 saturated carbocycles. The number of ether oxygens (including phenoxy) is 1. The number of carboxylic acid groups (broad SMARTS) is 1. The van der Waals surface area contributed by atoms with E-state index in [-0.39, 0.29) is 17.2 Å². The Balaban J connectivity index is 1.31. The fourth-order valence-electron chi connectivity index (χ4n) is 5.85. The van der Waals surface area contributed by atoms with Crippen LogP contribution < -0.4 is 10.1 Å². The maximum atomic E-state index is 15.0. The molecule has 8 heteroatoms. The monoisotopic (exact) mass is 540 g/mol. The third kappa shape index (κ3) is 7.09. The van der Waals surface area contributed by atoms with Gasteiger partial charge < -0.3 is 20.1 Å². The summed E-state index contributed by atoms with van der Waals surface area (Å²) in [5.74, 6) is -0.403. The van der Waals surface area contributed by atoms with Crippen molar-refractivity contribution in [2.75, 3.05) is 45.7 Å². The van der Waals surface area contributed by atoms with Crippen molar-refractivity contribution in [2.24, 2.45) is 0 Å². The van der Waals surface area contributed by atoms with Gasteiger partial charge in [0, 0.05) is 36.9 Å². The molecule has 7 nitrogen and oxygen atoms in total. The van der Waals surface area contributed by atoms with Gasteiger partial charge >= 0.3 is 5.97 Å². The molecule has 0 unspecified atom stereocenters. The average molecular weight is 541 g/mol. The summed E-state index contributed by atoms with van der Waals surface area (Å²) >= 11 is 0. The Morgan fingerprint density at radius 3 is 2.79 bits per heavy atom. The van der Waals surface area contributed by atoms with E-state index in [0.29, 0.717) is 18.7 Å². The minimum atomic E-state index is -0.979. The number of carbonyl (C=O) groups is 1. The minimum Gasteiger partial charge on any atom is -0.493 e. The number of carboxylic acids is 1. The zero-order chi connectivity index (χ0) is 28.2. The number of likely N-dealkylation sites (N-methyl/N-ethyl adjacent to an activating group) is 1. The zero-order valence-corrected chi connectivity index (χ0v) is 24.2. The number of hydrogen-bond donors (Lipinski definition) is 2. The van der Waals surface area contributed by atoms with Gasteiger partial charge in [-0.1, -0.05) is 33.3 Å². The van der Waals surface area contributed by atoms with Gasteiger partial charge in [-0.2, -0.15) is 0 Å². The molecule has 0 spiro atoms. The van der Waals surface area contributed by atoms with Gasteiger partial charge in [-0.15, -0.1) is 0 Å². The first-order valence-corrected chi connectivity index (χ1v) is 14.4. The molecule has 0 aliphatic carbocycles. The molecule has 1 fully saturated rings. The number of halogens is 1. The predicted octanol–water partition coefficient (Wildman–Crippen LogP) is 5.43. The lowest BCUT2D eigenvalue weighted by Gasteiger charge is -2.30. The molecule has 2 aliphatic rings. The number of anilines is 1. The molecule has 0 radical (unpaired) electrons. The third-order valence-corrected chi connectivity index (χ3v) is 8.25. The number of likely N-dealkylation sites (tertiary alicyclic amines) is 1. The van der Waals surface area contributed by atoms with E-state index in [1.165, 1.54) is 25.2 Å². The number of methoxy groups -OCH3 is 1. The SMILES string of the molecule is COc1c(F)cc(C(C)(C)C)cc1[C@@H](C(=O)O)N1CC[C@@H](N(C)CCCCCc2ccc3c(n2)NCCC3)C1. The highest BCUT2D eigenvalue weighted by atomic mass is 19.1. The second kappa shape index (κ2) is 12.6. The Morgan fingerprint density at radius 2 is 2.08 bits per heavy atom. The standard InChI is InChI=1S/C31H45FN4O3/c1-31(2,3)22-18-25(28(39-5)26(32)19-22)27(30(37)38)36-17-14-24(20-36)35(4)16-8-6-7-11-23-13-12-21-10-9-15-33-29(21)34-23/h12-13,18-19,24,27H,6-11,14-17,20H2,1-5H3,(H,33,34)(H,37,38)/t24-,27+/m1/s1. The maximum absolute atomic E-state index is 15.0. The first kappa shape index (κ1) is 29.3. The summed E-state index contributed by atoms with van der Waals surface area (Å²) in [6, 6.07) is 6.97. The molecular formula is C31H45FN4O3. The number of benzene rings is 1. The number of unbranched alkanes of at least 4 members (excludes halogenated alkanes) is 2. The molecule has 1 saturated heterocycles. The number of aryl methyl sites for hydroxylation is 2. The highest BCUT2D eigenvalue weighted by Crippen LogP contribution is 2.38. The number of pyridine rings is 1. The fourth-order valence-corrected chi connectivity index (χ4v) is 5.85. The Bertz CT molecular complexity index is 1150. The molecule has 1 aromatic heterocycles. The maximum Gasteiger partial charge on any atom is 0.325 e. The van der Waals surface area contributed by atoms with Crippen molar-refractivity contribution in [1.29, 1.82) is 0 Å². The number of rotatable bonds is 11. The van der Waals surface area contributed by atoms with Gasteiger partial charge in [-0.25, -0.2) is 9.37 Å². The van der Waals surface area contributed by atoms with Gasteiger partial charge in [0.05, 0.1) is 7.11 Å². The summed E-state index contributed by atoms with van der Waals surface area (Å²) in [6.07, 6.45) is 7.48. The Kier molecular flexibility index (Phi) is 9.49. The van der Waals surface area contributed by atoms with Crippen LogP contribution in [-0.2, 0) is 23.1 Å². The van der Waals surface area contributed by atoms with Gasteiger partial charge in [0.1, 0.15) is 11.9 Å². The lowest BCUT2D eigenvalue weighted by Crippen LogP contribution is -2.38. The van der Waals surface area contributed by atoms with Crippen molar-refractivity contribution in [3.8, 4) is 5.75 Å². The molecule has 2 atom stereocenters. The highest BCUT2D eigenvalue weighted by Gasteiger charge is 2.37. The third-order valence-electron chi connectivity index (χ3n) is 8.25. The summed E-state index contributed by atoms with van der Waals surface area (Å²) in [5, 5.41) is 13.6. The smallest absolute Gasteiger partial charge is 0.325 e. The van der Waals surface area contributed by atoms with Gasteiger partial charge in [0.2, 0.25) is 0 Å². The van der Waals surface area contributed by atoms with Crippen molar-refractivity contribution in [2.45, 2.75) is 83.2 Å². The molecule has 1 aromatic carbocycles. The van der Waals surface area contributed by atoms with Crippen molar-refractivity contribution < 1.29 is 19.0 Å². The predicted molar refractivity (Wildman–Crippen MR) is 153 cm³/mol. The molecule has 2 N–H and O–H groups in total. The second-order valence-electron chi connectivity index (χ2n) is 12.1. The quantitative estimate of drug-likeness (QED) is 0.368. The van der Waals surface area contributed by atoms with Crippen LogP contribution in [0.4, 0.5) is 10.2 Å². The topological polar surface area (TPSA) is 77.9 Å². The largest absolute Gasteiger partial charge is 0.493 e. The first-order valence-electron chi connectivity index (χ1n) is 14.4. The molecule has 0 amide bonds. The van der Waals surface area contributed by atoms with Gasteiger partial charge in [-0.3, -0.25) is 9.69 Å². The van der Waals surface area contributed by atoms with E-state index < -0.39 is 17.8 Å². The summed E-state index contributed by atoms with van der Waals surface area (Å²) in [5.41, 5.74) is 3.32. The van der Waals surface area contributed by atoms with Crippen molar-refractivity contribution in [3.63, 3.8) is 0 Å². The summed E-state index contributed by atoms with van der Waals surface area (Å²) in [4.78, 5) is 21.6. The van der Waals surface area contributed by atoms with Crippen LogP contribution in [0.25, 0.3) is 0 Å². The summed E-state index contributed by atoms with van der Waals surface area (Å²) in [7, 11) is 3.53. The lowest BCUT2D eigenvalue weighted by atomic mass is 9.84. The van der Waals surface area contributed by atoms with Crippen molar-refractivity contribution in [1.82, 2.24) is 14.8 Å². The molecular weight excluding hydrogens is 495 g/mol. The van der Waals surface area contributed by atoms with Gasteiger partial charge in [0.15, 0.2) is 11.6 Å². The van der Waals surface area contributed by atoms with Crippen LogP contribution in [-0.4, -0.2) is 72.2 Å². The average Bonchev–Trinajstić information content (AvgIpc) is 3.37. The van der Waals surface area contributed by atoms with E-state index in [4.69, 9.17) is 9.72 Å². The normalized spacial score (nSPS) is 18.6. The van der Waals surface area contributed by atoms with Crippen LogP contribution in [0.1, 0.15) is 81.3 Å². The number of nitrogens with zero attached hydrogens (tertiary/aromatic N) is 3. The molecule has 3 heterocycles. The fraction of sp³-hybridized carbons (Fsp3) is 0.613. The summed E-state index contributed by atoms with van der Waals surface area (Å²) < 4.78 is 20.4. The minimum absolute atomic E-state index is 0.0244. The van der Waals surface area contributed by atoms with Crippen LogP contribution in [0.15, 0.2) is 24.3 Å². The second-order valence-corrected chi connectivity index (χ2v) is 12.1. The molecule has 2 aromatic rings. The van der Waals surface area contributed by atoms with Gasteiger partial charge in [0.25, 0.3) is 0 Å². The van der Waals surface area contributed by atoms with E-state index in [0.717, 1.165) is 68.7 Å². The number of aromatic nitrogens is 1. The van der Waals surface area contributed by atoms with Crippen LogP contribution in [0.2, 0.25) is 0 Å². The van der Waals surface area contributed by atoms with Crippen molar-refractivity contribution >= 4 is 11.8 Å². The number of fused-ring (bicyclic) bond motifs is 1. The number of nitrogens with one attached hydrogen (secondary N) is 1. The van der Waals surface area contributed by atoms with Crippen LogP contribution in [0.3, 0.4) is 0 Å². The van der Waals surface area contributed by atoms with E-state index in [9.17, 15) is 14.3 Å². The molecule has 0 bridgehead atoms. The van der Waals surface area contributed by atoms with Crippen LogP contribution >= 0.6 is 0 Å². The number of hydrogen-bond acceptors (Lipinski definition) is 6. The highest BCUT2D eigenvalue weighted by molar-refractivity contribution is 5.77.